The highest BCUT2D eigenvalue weighted by Gasteiger charge is 2.22. The second-order valence-corrected chi connectivity index (χ2v) is 9.83. The normalized spacial score (nSPS) is 14.1. The Morgan fingerprint density at radius 3 is 2.64 bits per heavy atom. The number of thiophene rings is 1. The van der Waals surface area contributed by atoms with Crippen LogP contribution in [0.5, 0.6) is 0 Å². The predicted molar refractivity (Wildman–Crippen MR) is 134 cm³/mol. The minimum absolute atomic E-state index is 0.120. The van der Waals surface area contributed by atoms with Crippen LogP contribution in [0.2, 0.25) is 0 Å². The van der Waals surface area contributed by atoms with Gasteiger partial charge in [-0.3, -0.25) is 4.79 Å². The fourth-order valence-corrected chi connectivity index (χ4v) is 5.96. The zero-order valence-electron chi connectivity index (χ0n) is 18.2. The van der Waals surface area contributed by atoms with Gasteiger partial charge in [0.05, 0.1) is 11.1 Å². The first-order chi connectivity index (χ1) is 16.1. The van der Waals surface area contributed by atoms with Gasteiger partial charge in [-0.1, -0.05) is 36.0 Å². The van der Waals surface area contributed by atoms with Crippen molar-refractivity contribution < 1.29 is 9.18 Å². The molecule has 168 valence electrons. The maximum atomic E-state index is 13.4. The SMILES string of the molecule is Cc1cccc(N2CCN(C(=O)CSc3ncnc4scc(-c5ccc(F)cc5)c34)CC2)c1. The molecule has 5 nitrogen and oxygen atoms in total. The molecule has 0 aliphatic carbocycles. The molecule has 0 N–H and O–H groups in total. The van der Waals surface area contributed by atoms with Crippen LogP contribution < -0.4 is 4.90 Å². The molecule has 5 rings (SSSR count). The van der Waals surface area contributed by atoms with Crippen LogP contribution in [0.1, 0.15) is 5.56 Å². The lowest BCUT2D eigenvalue weighted by molar-refractivity contribution is -0.128. The van der Waals surface area contributed by atoms with E-state index in [4.69, 9.17) is 0 Å². The number of benzene rings is 2. The van der Waals surface area contributed by atoms with Crippen molar-refractivity contribution in [1.29, 1.82) is 0 Å². The van der Waals surface area contributed by atoms with E-state index in [0.29, 0.717) is 18.8 Å². The quantitative estimate of drug-likeness (QED) is 0.290. The van der Waals surface area contributed by atoms with Crippen molar-refractivity contribution in [3.8, 4) is 11.1 Å². The topological polar surface area (TPSA) is 49.3 Å². The molecule has 2 aromatic carbocycles. The van der Waals surface area contributed by atoms with Crippen molar-refractivity contribution in [3.05, 3.63) is 71.6 Å². The van der Waals surface area contributed by atoms with Crippen LogP contribution in [0.15, 0.2) is 65.3 Å². The van der Waals surface area contributed by atoms with Gasteiger partial charge in [-0.05, 0) is 42.3 Å². The molecule has 0 bridgehead atoms. The summed E-state index contributed by atoms with van der Waals surface area (Å²) in [7, 11) is 0. The van der Waals surface area contributed by atoms with Crippen LogP contribution in [0.25, 0.3) is 21.3 Å². The number of carbonyl (C=O) groups excluding carboxylic acids is 1. The second-order valence-electron chi connectivity index (χ2n) is 8.01. The smallest absolute Gasteiger partial charge is 0.233 e. The number of fused-ring (bicyclic) bond motifs is 1. The number of hydrogen-bond donors (Lipinski definition) is 0. The molecule has 1 aliphatic heterocycles. The summed E-state index contributed by atoms with van der Waals surface area (Å²) in [6.45, 7) is 5.19. The number of aromatic nitrogens is 2. The Kier molecular flexibility index (Phi) is 6.28. The number of rotatable bonds is 5. The first-order valence-corrected chi connectivity index (χ1v) is 12.7. The third-order valence-corrected chi connectivity index (χ3v) is 7.68. The van der Waals surface area contributed by atoms with E-state index in [9.17, 15) is 9.18 Å². The van der Waals surface area contributed by atoms with Crippen molar-refractivity contribution in [2.45, 2.75) is 11.9 Å². The maximum Gasteiger partial charge on any atom is 0.233 e. The van der Waals surface area contributed by atoms with Crippen LogP contribution in [0, 0.1) is 12.7 Å². The summed E-state index contributed by atoms with van der Waals surface area (Å²) in [6.07, 6.45) is 1.54. The van der Waals surface area contributed by atoms with E-state index < -0.39 is 0 Å². The maximum absolute atomic E-state index is 13.4. The van der Waals surface area contributed by atoms with Crippen LogP contribution in [0.4, 0.5) is 10.1 Å². The minimum atomic E-state index is -0.266. The van der Waals surface area contributed by atoms with Crippen LogP contribution in [0.3, 0.4) is 0 Å². The van der Waals surface area contributed by atoms with E-state index in [0.717, 1.165) is 39.5 Å². The average Bonchev–Trinajstić information content (AvgIpc) is 3.28. The van der Waals surface area contributed by atoms with E-state index >= 15 is 0 Å². The minimum Gasteiger partial charge on any atom is -0.368 e. The van der Waals surface area contributed by atoms with E-state index in [1.165, 1.54) is 46.5 Å². The molecule has 1 amide bonds. The molecular formula is C25H23FN4OS2. The Labute approximate surface area is 200 Å². The Morgan fingerprint density at radius 2 is 1.88 bits per heavy atom. The molecule has 0 saturated carbocycles. The molecule has 33 heavy (non-hydrogen) atoms. The van der Waals surface area contributed by atoms with Gasteiger partial charge in [0.2, 0.25) is 5.91 Å². The second kappa shape index (κ2) is 9.49. The number of halogens is 1. The summed E-state index contributed by atoms with van der Waals surface area (Å²) >= 11 is 2.97. The molecule has 8 heteroatoms. The monoisotopic (exact) mass is 478 g/mol. The zero-order chi connectivity index (χ0) is 22.8. The average molecular weight is 479 g/mol. The Morgan fingerprint density at radius 1 is 1.09 bits per heavy atom. The molecule has 1 aliphatic rings. The van der Waals surface area contributed by atoms with Gasteiger partial charge in [-0.15, -0.1) is 11.3 Å². The predicted octanol–water partition coefficient (Wildman–Crippen LogP) is 5.25. The lowest BCUT2D eigenvalue weighted by atomic mass is 10.1. The summed E-state index contributed by atoms with van der Waals surface area (Å²) in [5, 5.41) is 3.73. The van der Waals surface area contributed by atoms with Gasteiger partial charge >= 0.3 is 0 Å². The zero-order valence-corrected chi connectivity index (χ0v) is 19.8. The number of aryl methyl sites for hydroxylation is 1. The Hall–Kier alpha value is -2.97. The van der Waals surface area contributed by atoms with E-state index in [1.807, 2.05) is 10.3 Å². The summed E-state index contributed by atoms with van der Waals surface area (Å²) in [5.74, 6) is 0.182. The van der Waals surface area contributed by atoms with Crippen molar-refractivity contribution in [3.63, 3.8) is 0 Å². The van der Waals surface area contributed by atoms with Crippen LogP contribution >= 0.6 is 23.1 Å². The Balaban J connectivity index is 1.26. The van der Waals surface area contributed by atoms with E-state index in [2.05, 4.69) is 46.1 Å². The van der Waals surface area contributed by atoms with Gasteiger partial charge in [-0.2, -0.15) is 0 Å². The van der Waals surface area contributed by atoms with Crippen molar-refractivity contribution >= 4 is 44.9 Å². The molecule has 4 aromatic rings. The highest BCUT2D eigenvalue weighted by atomic mass is 32.2. The van der Waals surface area contributed by atoms with Gasteiger partial charge in [0.25, 0.3) is 0 Å². The largest absolute Gasteiger partial charge is 0.368 e. The number of thioether (sulfide) groups is 1. The van der Waals surface area contributed by atoms with Gasteiger partial charge in [0.15, 0.2) is 0 Å². The van der Waals surface area contributed by atoms with Gasteiger partial charge in [0.1, 0.15) is 22.0 Å². The summed E-state index contributed by atoms with van der Waals surface area (Å²) < 4.78 is 13.4. The van der Waals surface area contributed by atoms with Gasteiger partial charge in [-0.25, -0.2) is 14.4 Å². The lowest BCUT2D eigenvalue weighted by Gasteiger charge is -2.36. The standard InChI is InChI=1S/C25H23FN4OS2/c1-17-3-2-4-20(13-17)29-9-11-30(12-10-29)22(31)15-33-25-23-21(14-32-24(23)27-16-28-25)18-5-7-19(26)8-6-18/h2-8,13-14,16H,9-12,15H2,1H3. The fourth-order valence-electron chi connectivity index (χ4n) is 4.06. The van der Waals surface area contributed by atoms with E-state index in [1.54, 1.807) is 18.5 Å². The number of nitrogens with zero attached hydrogens (tertiary/aromatic N) is 4. The number of amides is 1. The summed E-state index contributed by atoms with van der Waals surface area (Å²) in [4.78, 5) is 26.9. The number of hydrogen-bond acceptors (Lipinski definition) is 6. The van der Waals surface area contributed by atoms with E-state index in [-0.39, 0.29) is 11.7 Å². The van der Waals surface area contributed by atoms with Crippen molar-refractivity contribution in [2.24, 2.45) is 0 Å². The fraction of sp³-hybridized carbons (Fsp3) is 0.240. The highest BCUT2D eigenvalue weighted by molar-refractivity contribution is 8.00. The van der Waals surface area contributed by atoms with Gasteiger partial charge < -0.3 is 9.80 Å². The highest BCUT2D eigenvalue weighted by Crippen LogP contribution is 2.38. The number of carbonyl (C=O) groups is 1. The first kappa shape index (κ1) is 21.9. The molecule has 2 aromatic heterocycles. The Bertz CT molecular complexity index is 1280. The molecule has 1 fully saturated rings. The molecule has 3 heterocycles. The molecule has 0 spiro atoms. The van der Waals surface area contributed by atoms with Crippen molar-refractivity contribution in [1.82, 2.24) is 14.9 Å². The number of anilines is 1. The third-order valence-electron chi connectivity index (χ3n) is 5.82. The molecule has 1 saturated heterocycles. The summed E-state index contributed by atoms with van der Waals surface area (Å²) in [5.41, 5.74) is 4.34. The van der Waals surface area contributed by atoms with Gasteiger partial charge in [0, 0.05) is 42.8 Å². The molecular weight excluding hydrogens is 455 g/mol. The lowest BCUT2D eigenvalue weighted by Crippen LogP contribution is -2.49. The first-order valence-electron chi connectivity index (χ1n) is 10.8. The molecule has 0 atom stereocenters. The van der Waals surface area contributed by atoms with Crippen molar-refractivity contribution in [2.75, 3.05) is 36.8 Å². The van der Waals surface area contributed by atoms with Crippen LogP contribution in [-0.2, 0) is 4.79 Å². The summed E-state index contributed by atoms with van der Waals surface area (Å²) in [6, 6.07) is 14.9. The number of piperazine rings is 1. The molecule has 0 radical (unpaired) electrons. The van der Waals surface area contributed by atoms with Crippen LogP contribution in [-0.4, -0.2) is 52.7 Å². The third kappa shape index (κ3) is 4.72. The molecule has 0 unspecified atom stereocenters.